The van der Waals surface area contributed by atoms with Gasteiger partial charge in [-0.15, -0.1) is 0 Å². The molecule has 5 heteroatoms. The molecule has 4 saturated carbocycles. The molecule has 0 amide bonds. The van der Waals surface area contributed by atoms with E-state index in [1.807, 2.05) is 0 Å². The second-order valence-electron chi connectivity index (χ2n) is 14.0. The van der Waals surface area contributed by atoms with Gasteiger partial charge in [0, 0.05) is 0 Å². The van der Waals surface area contributed by atoms with Crippen molar-refractivity contribution in [2.24, 2.45) is 46.3 Å². The van der Waals surface area contributed by atoms with Crippen LogP contribution in [-0.2, 0) is 0 Å². The van der Waals surface area contributed by atoms with Crippen molar-refractivity contribution in [1.29, 1.82) is 0 Å². The number of fused-ring (bicyclic) bond motifs is 5. The molecule has 0 bridgehead atoms. The van der Waals surface area contributed by atoms with E-state index in [2.05, 4.69) is 27.7 Å². The minimum absolute atomic E-state index is 0.219. The van der Waals surface area contributed by atoms with Gasteiger partial charge in [-0.3, -0.25) is 0 Å². The molecule has 4 rings (SSSR count). The van der Waals surface area contributed by atoms with Crippen molar-refractivity contribution in [2.45, 2.75) is 135 Å². The van der Waals surface area contributed by atoms with Crippen molar-refractivity contribution in [3.8, 4) is 0 Å². The van der Waals surface area contributed by atoms with Crippen molar-refractivity contribution < 1.29 is 23.4 Å². The number of aliphatic hydroxyl groups is 2. The maximum atomic E-state index is 12.9. The van der Waals surface area contributed by atoms with Gasteiger partial charge in [-0.2, -0.15) is 13.2 Å². The quantitative estimate of drug-likeness (QED) is 0.400. The zero-order valence-electron chi connectivity index (χ0n) is 22.2. The van der Waals surface area contributed by atoms with E-state index in [9.17, 15) is 23.4 Å². The predicted molar refractivity (Wildman–Crippen MR) is 130 cm³/mol. The van der Waals surface area contributed by atoms with Gasteiger partial charge in [0.25, 0.3) is 0 Å². The van der Waals surface area contributed by atoms with Crippen molar-refractivity contribution in [3.05, 3.63) is 0 Å². The van der Waals surface area contributed by atoms with Crippen LogP contribution in [0.4, 0.5) is 13.2 Å². The normalized spacial score (nSPS) is 47.3. The number of hydrogen-bond acceptors (Lipinski definition) is 2. The highest BCUT2D eigenvalue weighted by Gasteiger charge is 2.61. The topological polar surface area (TPSA) is 40.5 Å². The van der Waals surface area contributed by atoms with Crippen LogP contribution in [0.2, 0.25) is 0 Å². The van der Waals surface area contributed by atoms with E-state index in [1.165, 1.54) is 45.4 Å². The minimum atomic E-state index is -4.32. The molecule has 34 heavy (non-hydrogen) atoms. The van der Waals surface area contributed by atoms with Gasteiger partial charge in [0.1, 0.15) is 0 Å². The molecule has 198 valence electrons. The Morgan fingerprint density at radius 3 is 2.26 bits per heavy atom. The third-order valence-electron chi connectivity index (χ3n) is 12.0. The summed E-state index contributed by atoms with van der Waals surface area (Å²) in [5, 5.41) is 21.4. The van der Waals surface area contributed by atoms with E-state index < -0.39 is 23.8 Å². The zero-order valence-corrected chi connectivity index (χ0v) is 22.2. The van der Waals surface area contributed by atoms with Crippen LogP contribution in [0.15, 0.2) is 0 Å². The van der Waals surface area contributed by atoms with Crippen LogP contribution in [0.1, 0.15) is 118 Å². The van der Waals surface area contributed by atoms with Crippen LogP contribution < -0.4 is 0 Å². The van der Waals surface area contributed by atoms with Gasteiger partial charge in [-0.1, -0.05) is 27.7 Å². The summed E-state index contributed by atoms with van der Waals surface area (Å²) in [6, 6.07) is 0. The van der Waals surface area contributed by atoms with Gasteiger partial charge in [0.15, 0.2) is 0 Å². The Hall–Kier alpha value is -0.290. The smallest absolute Gasteiger partial charge is 0.390 e. The first-order chi connectivity index (χ1) is 15.6. The van der Waals surface area contributed by atoms with Crippen molar-refractivity contribution >= 4 is 0 Å². The van der Waals surface area contributed by atoms with Gasteiger partial charge in [0.05, 0.1) is 17.6 Å². The Kier molecular flexibility index (Phi) is 7.02. The SMILES string of the molecule is CC[C@]1(O)CC[C@@]2(C)[C@@H](CC[C@@H]3[C@@H]2CC[C@]2(C)[C@@H]([C@H](C)CC[C@@](C)(O)CC(F)(F)F)CC[C@@H]32)C1. The second kappa shape index (κ2) is 8.92. The zero-order chi connectivity index (χ0) is 25.2. The molecule has 4 aliphatic carbocycles. The summed E-state index contributed by atoms with van der Waals surface area (Å²) in [5.41, 5.74) is -1.50. The molecule has 4 aliphatic rings. The van der Waals surface area contributed by atoms with Crippen LogP contribution in [0, 0.1) is 46.3 Å². The van der Waals surface area contributed by atoms with E-state index in [4.69, 9.17) is 0 Å². The maximum absolute atomic E-state index is 12.9. The second-order valence-corrected chi connectivity index (χ2v) is 14.0. The summed E-state index contributed by atoms with van der Waals surface area (Å²) in [6.07, 6.45) is 6.85. The number of halogens is 3. The number of alkyl halides is 3. The van der Waals surface area contributed by atoms with E-state index in [1.54, 1.807) is 0 Å². The molecule has 0 aromatic rings. The molecule has 2 nitrogen and oxygen atoms in total. The monoisotopic (exact) mass is 486 g/mol. The third kappa shape index (κ3) is 4.83. The Labute approximate surface area is 205 Å². The molecule has 0 spiro atoms. The fraction of sp³-hybridized carbons (Fsp3) is 1.00. The summed E-state index contributed by atoms with van der Waals surface area (Å²) in [7, 11) is 0. The molecule has 0 radical (unpaired) electrons. The fourth-order valence-electron chi connectivity index (χ4n) is 9.88. The van der Waals surface area contributed by atoms with Gasteiger partial charge < -0.3 is 10.2 Å². The molecule has 0 heterocycles. The van der Waals surface area contributed by atoms with Crippen LogP contribution in [0.5, 0.6) is 0 Å². The molecule has 4 fully saturated rings. The van der Waals surface area contributed by atoms with Crippen LogP contribution in [0.3, 0.4) is 0 Å². The first kappa shape index (κ1) is 26.8. The molecule has 0 aromatic heterocycles. The molecule has 0 saturated heterocycles. The Morgan fingerprint density at radius 2 is 1.62 bits per heavy atom. The lowest BCUT2D eigenvalue weighted by Crippen LogP contribution is -2.56. The van der Waals surface area contributed by atoms with Gasteiger partial charge in [-0.25, -0.2) is 0 Å². The fourth-order valence-corrected chi connectivity index (χ4v) is 9.88. The summed E-state index contributed by atoms with van der Waals surface area (Å²) in [5.74, 6) is 3.77. The van der Waals surface area contributed by atoms with Crippen molar-refractivity contribution in [2.75, 3.05) is 0 Å². The molecular weight excluding hydrogens is 437 g/mol. The van der Waals surface area contributed by atoms with Gasteiger partial charge >= 0.3 is 6.18 Å². The summed E-state index contributed by atoms with van der Waals surface area (Å²) in [6.45, 7) is 10.7. The molecule has 10 atom stereocenters. The average molecular weight is 487 g/mol. The summed E-state index contributed by atoms with van der Waals surface area (Å²) < 4.78 is 38.6. The molecule has 2 N–H and O–H groups in total. The van der Waals surface area contributed by atoms with Crippen LogP contribution >= 0.6 is 0 Å². The first-order valence-corrected chi connectivity index (χ1v) is 14.1. The number of hydrogen-bond donors (Lipinski definition) is 2. The minimum Gasteiger partial charge on any atom is -0.390 e. The molecule has 0 unspecified atom stereocenters. The Bertz CT molecular complexity index is 735. The van der Waals surface area contributed by atoms with E-state index in [0.29, 0.717) is 29.6 Å². The van der Waals surface area contributed by atoms with Gasteiger partial charge in [-0.05, 0) is 130 Å². The van der Waals surface area contributed by atoms with E-state index >= 15 is 0 Å². The van der Waals surface area contributed by atoms with Crippen LogP contribution in [-0.4, -0.2) is 27.6 Å². The highest BCUT2D eigenvalue weighted by atomic mass is 19.4. The summed E-state index contributed by atoms with van der Waals surface area (Å²) >= 11 is 0. The predicted octanol–water partition coefficient (Wildman–Crippen LogP) is 7.91. The Morgan fingerprint density at radius 1 is 0.941 bits per heavy atom. The maximum Gasteiger partial charge on any atom is 0.391 e. The molecular formula is C29H49F3O2. The largest absolute Gasteiger partial charge is 0.391 e. The van der Waals surface area contributed by atoms with Crippen molar-refractivity contribution in [3.63, 3.8) is 0 Å². The standard InChI is InChI=1S/C29H49F3O2/c1-6-28(34)16-15-26(4)20(17-28)7-8-21-23-10-9-22(27(23,5)14-12-24(21)26)19(2)11-13-25(3,33)18-29(30,31)32/h19-24,33-34H,6-18H2,1-5H3/t19-,20+,21+,22-,23+,24+,25-,26+,27-,28+/m1/s1. The highest BCUT2D eigenvalue weighted by Crippen LogP contribution is 2.69. The first-order valence-electron chi connectivity index (χ1n) is 14.1. The summed E-state index contributed by atoms with van der Waals surface area (Å²) in [4.78, 5) is 0. The average Bonchev–Trinajstić information content (AvgIpc) is 3.08. The lowest BCUT2D eigenvalue weighted by molar-refractivity contribution is -0.174. The number of rotatable bonds is 6. The Balaban J connectivity index is 1.43. The van der Waals surface area contributed by atoms with Gasteiger partial charge in [0.2, 0.25) is 0 Å². The lowest BCUT2D eigenvalue weighted by Gasteiger charge is -2.62. The van der Waals surface area contributed by atoms with E-state index in [-0.39, 0.29) is 11.8 Å². The van der Waals surface area contributed by atoms with Crippen LogP contribution in [0.25, 0.3) is 0 Å². The lowest BCUT2D eigenvalue weighted by atomic mass is 9.43. The van der Waals surface area contributed by atoms with Crippen molar-refractivity contribution in [1.82, 2.24) is 0 Å². The van der Waals surface area contributed by atoms with E-state index in [0.717, 1.165) is 43.4 Å². The molecule has 0 aliphatic heterocycles. The third-order valence-corrected chi connectivity index (χ3v) is 12.0. The molecule has 0 aromatic carbocycles. The highest BCUT2D eigenvalue weighted by molar-refractivity contribution is 5.11.